The number of hydrogen-bond acceptors (Lipinski definition) is 6. The smallest absolute Gasteiger partial charge is 0.324 e. The SMILES string of the molecule is Cc1cc(NCc2csc([N+](=O)[O-])c2)ccc1[N+](=O)[O-]. The molecule has 1 aromatic carbocycles. The third-order valence-electron chi connectivity index (χ3n) is 2.71. The van der Waals surface area contributed by atoms with Crippen LogP contribution in [0.3, 0.4) is 0 Å². The quantitative estimate of drug-likeness (QED) is 0.672. The van der Waals surface area contributed by atoms with Crippen LogP contribution in [0, 0.1) is 27.2 Å². The summed E-state index contributed by atoms with van der Waals surface area (Å²) in [4.78, 5) is 20.4. The second-order valence-corrected chi connectivity index (χ2v) is 5.05. The fraction of sp³-hybridized carbons (Fsp3) is 0.167. The van der Waals surface area contributed by atoms with Crippen molar-refractivity contribution in [1.29, 1.82) is 0 Å². The first-order chi connectivity index (χ1) is 9.47. The van der Waals surface area contributed by atoms with E-state index in [-0.39, 0.29) is 10.7 Å². The molecule has 0 atom stereocenters. The molecule has 7 nitrogen and oxygen atoms in total. The summed E-state index contributed by atoms with van der Waals surface area (Å²) in [5.74, 6) is 0. The first-order valence-corrected chi connectivity index (χ1v) is 6.56. The van der Waals surface area contributed by atoms with Crippen LogP contribution in [-0.2, 0) is 6.54 Å². The highest BCUT2D eigenvalue weighted by atomic mass is 32.1. The van der Waals surface area contributed by atoms with Gasteiger partial charge in [0.25, 0.3) is 5.69 Å². The van der Waals surface area contributed by atoms with Gasteiger partial charge in [0, 0.05) is 35.3 Å². The Kier molecular flexibility index (Phi) is 3.94. The van der Waals surface area contributed by atoms with E-state index in [1.54, 1.807) is 24.4 Å². The van der Waals surface area contributed by atoms with Gasteiger partial charge in [-0.15, -0.1) is 0 Å². The predicted octanol–water partition coefficient (Wildman–Crippen LogP) is 3.49. The van der Waals surface area contributed by atoms with Crippen molar-refractivity contribution in [3.05, 3.63) is 61.0 Å². The Morgan fingerprint density at radius 3 is 2.50 bits per heavy atom. The molecule has 0 radical (unpaired) electrons. The Balaban J connectivity index is 2.05. The second kappa shape index (κ2) is 5.66. The summed E-state index contributed by atoms with van der Waals surface area (Å²) in [6.45, 7) is 2.10. The average molecular weight is 293 g/mol. The van der Waals surface area contributed by atoms with E-state index in [9.17, 15) is 20.2 Å². The van der Waals surface area contributed by atoms with Crippen molar-refractivity contribution >= 4 is 27.7 Å². The number of thiophene rings is 1. The Hall–Kier alpha value is -2.48. The van der Waals surface area contributed by atoms with Crippen molar-refractivity contribution in [3.8, 4) is 0 Å². The second-order valence-electron chi connectivity index (χ2n) is 4.16. The monoisotopic (exact) mass is 293 g/mol. The van der Waals surface area contributed by atoms with Gasteiger partial charge < -0.3 is 5.32 Å². The van der Waals surface area contributed by atoms with Gasteiger partial charge in [0.2, 0.25) is 0 Å². The van der Waals surface area contributed by atoms with Gasteiger partial charge in [-0.05, 0) is 24.6 Å². The summed E-state index contributed by atoms with van der Waals surface area (Å²) < 4.78 is 0. The lowest BCUT2D eigenvalue weighted by Crippen LogP contribution is -1.99. The van der Waals surface area contributed by atoms with Crippen LogP contribution >= 0.6 is 11.3 Å². The fourth-order valence-electron chi connectivity index (χ4n) is 1.73. The Morgan fingerprint density at radius 2 is 1.95 bits per heavy atom. The summed E-state index contributed by atoms with van der Waals surface area (Å²) in [6, 6.07) is 6.24. The molecule has 0 spiro atoms. The molecule has 20 heavy (non-hydrogen) atoms. The van der Waals surface area contributed by atoms with Crippen molar-refractivity contribution in [2.75, 3.05) is 5.32 Å². The van der Waals surface area contributed by atoms with Gasteiger partial charge in [-0.3, -0.25) is 20.2 Å². The number of nitrogens with zero attached hydrogens (tertiary/aromatic N) is 2. The van der Waals surface area contributed by atoms with Crippen molar-refractivity contribution in [3.63, 3.8) is 0 Å². The van der Waals surface area contributed by atoms with E-state index in [0.29, 0.717) is 12.1 Å². The molecule has 104 valence electrons. The number of anilines is 1. The van der Waals surface area contributed by atoms with E-state index in [0.717, 1.165) is 22.6 Å². The minimum atomic E-state index is -0.429. The van der Waals surface area contributed by atoms with E-state index in [1.165, 1.54) is 12.1 Å². The fourth-order valence-corrected chi connectivity index (χ4v) is 2.45. The lowest BCUT2D eigenvalue weighted by molar-refractivity contribution is -0.385. The molecule has 0 amide bonds. The summed E-state index contributed by atoms with van der Waals surface area (Å²) >= 11 is 1.07. The predicted molar refractivity (Wildman–Crippen MR) is 76.1 cm³/mol. The Labute approximate surface area is 118 Å². The molecule has 1 heterocycles. The number of nitrogens with one attached hydrogen (secondary N) is 1. The zero-order valence-electron chi connectivity index (χ0n) is 10.5. The van der Waals surface area contributed by atoms with Gasteiger partial charge in [0.05, 0.1) is 9.85 Å². The molecule has 0 unspecified atom stereocenters. The van der Waals surface area contributed by atoms with Crippen LogP contribution in [0.2, 0.25) is 0 Å². The highest BCUT2D eigenvalue weighted by Crippen LogP contribution is 2.25. The molecule has 2 aromatic rings. The maximum absolute atomic E-state index is 10.7. The summed E-state index contributed by atoms with van der Waals surface area (Å²) in [5, 5.41) is 26.2. The van der Waals surface area contributed by atoms with Crippen LogP contribution in [0.4, 0.5) is 16.4 Å². The van der Waals surface area contributed by atoms with Crippen molar-refractivity contribution in [2.24, 2.45) is 0 Å². The molecule has 0 fully saturated rings. The number of benzene rings is 1. The van der Waals surface area contributed by atoms with Crippen molar-refractivity contribution in [1.82, 2.24) is 0 Å². The lowest BCUT2D eigenvalue weighted by atomic mass is 10.2. The number of nitro groups is 2. The molecule has 0 aliphatic carbocycles. The molecule has 0 aliphatic heterocycles. The molecular formula is C12H11N3O4S. The van der Waals surface area contributed by atoms with E-state index in [4.69, 9.17) is 0 Å². The van der Waals surface area contributed by atoms with E-state index in [1.807, 2.05) is 0 Å². The topological polar surface area (TPSA) is 98.3 Å². The Morgan fingerprint density at radius 1 is 1.20 bits per heavy atom. The molecule has 0 saturated carbocycles. The van der Waals surface area contributed by atoms with Crippen LogP contribution in [0.5, 0.6) is 0 Å². The molecule has 8 heteroatoms. The molecule has 0 bridgehead atoms. The van der Waals surface area contributed by atoms with E-state index in [2.05, 4.69) is 5.32 Å². The highest BCUT2D eigenvalue weighted by Gasteiger charge is 2.11. The molecule has 0 saturated heterocycles. The van der Waals surface area contributed by atoms with Crippen molar-refractivity contribution in [2.45, 2.75) is 13.5 Å². The summed E-state index contributed by atoms with van der Waals surface area (Å²) in [7, 11) is 0. The van der Waals surface area contributed by atoms with Crippen LogP contribution in [-0.4, -0.2) is 9.85 Å². The van der Waals surface area contributed by atoms with Crippen LogP contribution in [0.1, 0.15) is 11.1 Å². The largest absolute Gasteiger partial charge is 0.381 e. The number of nitro benzene ring substituents is 1. The number of hydrogen-bond donors (Lipinski definition) is 1. The van der Waals surface area contributed by atoms with E-state index >= 15 is 0 Å². The first-order valence-electron chi connectivity index (χ1n) is 5.68. The van der Waals surface area contributed by atoms with Gasteiger partial charge in [0.1, 0.15) is 0 Å². The lowest BCUT2D eigenvalue weighted by Gasteiger charge is -2.06. The summed E-state index contributed by atoms with van der Waals surface area (Å²) in [6.07, 6.45) is 0. The third kappa shape index (κ3) is 3.09. The zero-order chi connectivity index (χ0) is 14.7. The average Bonchev–Trinajstić information content (AvgIpc) is 2.85. The van der Waals surface area contributed by atoms with Crippen LogP contribution in [0.15, 0.2) is 29.6 Å². The molecular weight excluding hydrogens is 282 g/mol. The first kappa shape index (κ1) is 13.9. The molecule has 1 aromatic heterocycles. The van der Waals surface area contributed by atoms with Gasteiger partial charge in [-0.25, -0.2) is 0 Å². The normalized spacial score (nSPS) is 10.2. The standard InChI is InChI=1S/C12H11N3O4S/c1-8-4-10(2-3-11(8)14(16)17)13-6-9-5-12(15(18)19)20-7-9/h2-5,7,13H,6H2,1H3. The Bertz CT molecular complexity index is 668. The number of rotatable bonds is 5. The minimum absolute atomic E-state index is 0.0710. The third-order valence-corrected chi connectivity index (χ3v) is 3.64. The number of aryl methyl sites for hydroxylation is 1. The van der Waals surface area contributed by atoms with Gasteiger partial charge in [-0.1, -0.05) is 11.3 Å². The van der Waals surface area contributed by atoms with Crippen LogP contribution in [0.25, 0.3) is 0 Å². The van der Waals surface area contributed by atoms with Crippen molar-refractivity contribution < 1.29 is 9.85 Å². The molecule has 1 N–H and O–H groups in total. The van der Waals surface area contributed by atoms with Gasteiger partial charge in [-0.2, -0.15) is 0 Å². The molecule has 2 rings (SSSR count). The maximum atomic E-state index is 10.7. The molecule has 0 aliphatic rings. The minimum Gasteiger partial charge on any atom is -0.381 e. The van der Waals surface area contributed by atoms with Gasteiger partial charge >= 0.3 is 5.00 Å². The van der Waals surface area contributed by atoms with E-state index < -0.39 is 9.85 Å². The van der Waals surface area contributed by atoms with Crippen LogP contribution < -0.4 is 5.32 Å². The zero-order valence-corrected chi connectivity index (χ0v) is 11.3. The highest BCUT2D eigenvalue weighted by molar-refractivity contribution is 7.13. The maximum Gasteiger partial charge on any atom is 0.324 e. The summed E-state index contributed by atoms with van der Waals surface area (Å²) in [5.41, 5.74) is 2.18. The van der Waals surface area contributed by atoms with Gasteiger partial charge in [0.15, 0.2) is 0 Å².